The number of non-ortho nitro benzene ring substituents is 1. The number of hydrogen-bond donors (Lipinski definition) is 1. The van der Waals surface area contributed by atoms with Gasteiger partial charge in [-0.25, -0.2) is 0 Å². The molecule has 5 heteroatoms. The third-order valence-electron chi connectivity index (χ3n) is 2.35. The Morgan fingerprint density at radius 1 is 1.53 bits per heavy atom. The summed E-state index contributed by atoms with van der Waals surface area (Å²) in [6.45, 7) is 0.435. The molecule has 2 rings (SSSR count). The number of aliphatic hydroxyl groups excluding tert-OH is 1. The van der Waals surface area contributed by atoms with Crippen molar-refractivity contribution >= 4 is 17.5 Å². The van der Waals surface area contributed by atoms with Gasteiger partial charge in [0.2, 0.25) is 0 Å². The predicted molar refractivity (Wildman–Crippen MR) is 57.0 cm³/mol. The van der Waals surface area contributed by atoms with Crippen LogP contribution >= 0.6 is 0 Å². The molecular formula is C10H10N2O3. The minimum Gasteiger partial charge on any atom is -0.510 e. The highest BCUT2D eigenvalue weighted by Gasteiger charge is 2.17. The van der Waals surface area contributed by atoms with Crippen LogP contribution in [0.5, 0.6) is 0 Å². The van der Waals surface area contributed by atoms with E-state index in [1.165, 1.54) is 12.1 Å². The zero-order valence-corrected chi connectivity index (χ0v) is 8.17. The average Bonchev–Trinajstić information content (AvgIpc) is 2.16. The highest BCUT2D eigenvalue weighted by Crippen LogP contribution is 2.29. The Morgan fingerprint density at radius 3 is 2.93 bits per heavy atom. The molecule has 1 aliphatic heterocycles. The number of nitrogens with zero attached hydrogens (tertiary/aromatic N) is 2. The number of rotatable bonds is 1. The number of fused-ring (bicyclic) bond motifs is 1. The summed E-state index contributed by atoms with van der Waals surface area (Å²) >= 11 is 0. The quantitative estimate of drug-likeness (QED) is 0.563. The Hall–Kier alpha value is -2.04. The van der Waals surface area contributed by atoms with Crippen molar-refractivity contribution in [2.45, 2.75) is 0 Å². The van der Waals surface area contributed by atoms with Crippen molar-refractivity contribution in [2.75, 3.05) is 18.5 Å². The van der Waals surface area contributed by atoms with Crippen LogP contribution in [-0.2, 0) is 0 Å². The molecule has 1 aromatic rings. The molecule has 0 spiro atoms. The summed E-state index contributed by atoms with van der Waals surface area (Å²) in [5, 5.41) is 20.0. The SMILES string of the molecule is CN1CC(O)=Cc2cc([N+](=O)[O-])ccc21. The lowest BCUT2D eigenvalue weighted by atomic mass is 10.1. The van der Waals surface area contributed by atoms with Gasteiger partial charge < -0.3 is 10.0 Å². The Balaban J connectivity index is 2.53. The second kappa shape index (κ2) is 3.27. The van der Waals surface area contributed by atoms with Crippen molar-refractivity contribution in [1.29, 1.82) is 0 Å². The van der Waals surface area contributed by atoms with Gasteiger partial charge in [-0.05, 0) is 12.1 Å². The van der Waals surface area contributed by atoms with Crippen LogP contribution < -0.4 is 4.90 Å². The van der Waals surface area contributed by atoms with Gasteiger partial charge in [0.15, 0.2) is 0 Å². The van der Waals surface area contributed by atoms with E-state index in [1.807, 2.05) is 11.9 Å². The zero-order chi connectivity index (χ0) is 11.0. The van der Waals surface area contributed by atoms with Crippen LogP contribution in [-0.4, -0.2) is 23.6 Å². The first kappa shape index (κ1) is 9.51. The fourth-order valence-corrected chi connectivity index (χ4v) is 1.67. The number of hydrogen-bond acceptors (Lipinski definition) is 4. The maximum absolute atomic E-state index is 10.6. The Labute approximate surface area is 86.4 Å². The molecule has 0 atom stereocenters. The number of aliphatic hydroxyl groups is 1. The highest BCUT2D eigenvalue weighted by molar-refractivity contribution is 5.74. The molecule has 0 fully saturated rings. The molecule has 0 aliphatic carbocycles. The lowest BCUT2D eigenvalue weighted by molar-refractivity contribution is -0.384. The molecule has 15 heavy (non-hydrogen) atoms. The van der Waals surface area contributed by atoms with E-state index in [1.54, 1.807) is 12.1 Å². The van der Waals surface area contributed by atoms with Gasteiger partial charge in [0.25, 0.3) is 5.69 Å². The van der Waals surface area contributed by atoms with Crippen LogP contribution in [0, 0.1) is 10.1 Å². The highest BCUT2D eigenvalue weighted by atomic mass is 16.6. The van der Waals surface area contributed by atoms with Gasteiger partial charge in [0.1, 0.15) is 5.76 Å². The molecule has 78 valence electrons. The van der Waals surface area contributed by atoms with Crippen LogP contribution in [0.1, 0.15) is 5.56 Å². The lowest BCUT2D eigenvalue weighted by Gasteiger charge is -2.24. The molecule has 1 aliphatic rings. The first-order valence-corrected chi connectivity index (χ1v) is 4.47. The van der Waals surface area contributed by atoms with Crippen molar-refractivity contribution in [3.63, 3.8) is 0 Å². The molecule has 0 aromatic heterocycles. The van der Waals surface area contributed by atoms with Crippen molar-refractivity contribution < 1.29 is 10.0 Å². The van der Waals surface area contributed by atoms with E-state index in [4.69, 9.17) is 0 Å². The summed E-state index contributed by atoms with van der Waals surface area (Å²) in [5.41, 5.74) is 1.60. The first-order chi connectivity index (χ1) is 7.08. The Morgan fingerprint density at radius 2 is 2.27 bits per heavy atom. The van der Waals surface area contributed by atoms with Gasteiger partial charge in [-0.15, -0.1) is 0 Å². The third-order valence-corrected chi connectivity index (χ3v) is 2.35. The lowest BCUT2D eigenvalue weighted by Crippen LogP contribution is -2.23. The van der Waals surface area contributed by atoms with Crippen molar-refractivity contribution in [1.82, 2.24) is 0 Å². The van der Waals surface area contributed by atoms with Crippen LogP contribution in [0.25, 0.3) is 6.08 Å². The number of nitro benzene ring substituents is 1. The van der Waals surface area contributed by atoms with Crippen molar-refractivity contribution in [3.05, 3.63) is 39.6 Å². The molecule has 0 saturated carbocycles. The van der Waals surface area contributed by atoms with Gasteiger partial charge in [-0.3, -0.25) is 10.1 Å². The van der Waals surface area contributed by atoms with Gasteiger partial charge in [0, 0.05) is 30.4 Å². The fraction of sp³-hybridized carbons (Fsp3) is 0.200. The Kier molecular flexibility index (Phi) is 2.07. The molecule has 0 bridgehead atoms. The summed E-state index contributed by atoms with van der Waals surface area (Å²) in [6, 6.07) is 4.61. The summed E-state index contributed by atoms with van der Waals surface area (Å²) in [5.74, 6) is 0.213. The number of likely N-dealkylation sites (N-methyl/N-ethyl adjacent to an activating group) is 1. The third kappa shape index (κ3) is 1.63. The van der Waals surface area contributed by atoms with Gasteiger partial charge in [0.05, 0.1) is 11.5 Å². The molecule has 0 saturated heterocycles. The maximum atomic E-state index is 10.6. The van der Waals surface area contributed by atoms with Gasteiger partial charge >= 0.3 is 0 Å². The molecule has 1 heterocycles. The van der Waals surface area contributed by atoms with E-state index < -0.39 is 4.92 Å². The van der Waals surface area contributed by atoms with Gasteiger partial charge in [-0.2, -0.15) is 0 Å². The maximum Gasteiger partial charge on any atom is 0.270 e. The van der Waals surface area contributed by atoms with E-state index in [-0.39, 0.29) is 11.4 Å². The minimum atomic E-state index is -0.445. The smallest absolute Gasteiger partial charge is 0.270 e. The predicted octanol–water partition coefficient (Wildman–Crippen LogP) is 1.94. The summed E-state index contributed by atoms with van der Waals surface area (Å²) < 4.78 is 0. The van der Waals surface area contributed by atoms with E-state index in [0.29, 0.717) is 12.1 Å². The largest absolute Gasteiger partial charge is 0.510 e. The molecular weight excluding hydrogens is 196 g/mol. The molecule has 1 N–H and O–H groups in total. The van der Waals surface area contributed by atoms with E-state index in [2.05, 4.69) is 0 Å². The Bertz CT molecular complexity index is 454. The number of nitro groups is 1. The second-order valence-corrected chi connectivity index (χ2v) is 3.49. The summed E-state index contributed by atoms with van der Waals surface area (Å²) in [4.78, 5) is 12.0. The van der Waals surface area contributed by atoms with Crippen molar-refractivity contribution in [2.24, 2.45) is 0 Å². The standard InChI is InChI=1S/C10H10N2O3/c1-11-6-9(13)5-7-4-8(12(14)15)2-3-10(7)11/h2-5,13H,6H2,1H3. The van der Waals surface area contributed by atoms with E-state index in [0.717, 1.165) is 5.69 Å². The van der Waals surface area contributed by atoms with Crippen LogP contribution in [0.15, 0.2) is 24.0 Å². The van der Waals surface area contributed by atoms with Crippen LogP contribution in [0.4, 0.5) is 11.4 Å². The molecule has 0 unspecified atom stereocenters. The van der Waals surface area contributed by atoms with Crippen molar-refractivity contribution in [3.8, 4) is 0 Å². The van der Waals surface area contributed by atoms with E-state index >= 15 is 0 Å². The number of anilines is 1. The minimum absolute atomic E-state index is 0.0353. The van der Waals surface area contributed by atoms with Crippen LogP contribution in [0.3, 0.4) is 0 Å². The first-order valence-electron chi connectivity index (χ1n) is 4.47. The van der Waals surface area contributed by atoms with Crippen LogP contribution in [0.2, 0.25) is 0 Å². The summed E-state index contributed by atoms with van der Waals surface area (Å²) in [7, 11) is 1.83. The molecule has 0 amide bonds. The molecule has 5 nitrogen and oxygen atoms in total. The number of benzene rings is 1. The molecule has 1 aromatic carbocycles. The van der Waals surface area contributed by atoms with E-state index in [9.17, 15) is 15.2 Å². The normalized spacial score (nSPS) is 14.5. The average molecular weight is 206 g/mol. The second-order valence-electron chi connectivity index (χ2n) is 3.49. The fourth-order valence-electron chi connectivity index (χ4n) is 1.67. The van der Waals surface area contributed by atoms with Gasteiger partial charge in [-0.1, -0.05) is 0 Å². The summed E-state index contributed by atoms with van der Waals surface area (Å²) in [6.07, 6.45) is 1.56. The topological polar surface area (TPSA) is 66.6 Å². The monoisotopic (exact) mass is 206 g/mol. The zero-order valence-electron chi connectivity index (χ0n) is 8.17. The molecule has 0 radical (unpaired) electrons.